The number of rotatable bonds is 6. The van der Waals surface area contributed by atoms with E-state index in [-0.39, 0.29) is 18.2 Å². The third-order valence-corrected chi connectivity index (χ3v) is 6.46. The zero-order chi connectivity index (χ0) is 21.0. The highest BCUT2D eigenvalue weighted by Crippen LogP contribution is 2.33. The van der Waals surface area contributed by atoms with Crippen LogP contribution in [0.5, 0.6) is 0 Å². The average Bonchev–Trinajstić information content (AvgIpc) is 2.94. The molecule has 0 spiro atoms. The molecule has 1 aliphatic rings. The molecule has 1 N–H and O–H groups in total. The molecule has 2 aromatic carbocycles. The van der Waals surface area contributed by atoms with Crippen molar-refractivity contribution in [3.8, 4) is 0 Å². The summed E-state index contributed by atoms with van der Waals surface area (Å²) in [7, 11) is 0. The van der Waals surface area contributed by atoms with Crippen LogP contribution in [-0.2, 0) is 9.59 Å². The first-order valence-corrected chi connectivity index (χ1v) is 10.9. The lowest BCUT2D eigenvalue weighted by atomic mass is 10.1. The quantitative estimate of drug-likeness (QED) is 0.425. The summed E-state index contributed by atoms with van der Waals surface area (Å²) in [4.78, 5) is 27.0. The molecule has 1 aliphatic heterocycles. The predicted octanol–water partition coefficient (Wildman–Crippen LogP) is 5.92. The molecule has 0 saturated carbocycles. The number of thiocarbonyl (C=S) groups is 1. The topological polar surface area (TPSA) is 49.4 Å². The Hall–Kier alpha value is -1.86. The predicted molar refractivity (Wildman–Crippen MR) is 125 cm³/mol. The number of anilines is 1. The van der Waals surface area contributed by atoms with Gasteiger partial charge in [0.05, 0.1) is 20.6 Å². The smallest absolute Gasteiger partial charge is 0.266 e. The maximum atomic E-state index is 12.7. The van der Waals surface area contributed by atoms with Crippen molar-refractivity contribution in [2.45, 2.75) is 19.8 Å². The number of halogens is 2. The lowest BCUT2D eigenvalue weighted by molar-refractivity contribution is -0.122. The van der Waals surface area contributed by atoms with E-state index in [2.05, 4.69) is 5.32 Å². The molecule has 1 fully saturated rings. The first kappa shape index (κ1) is 21.8. The Labute approximate surface area is 189 Å². The number of carbonyl (C=O) groups excluding carboxylic acids is 2. The number of carbonyl (C=O) groups is 2. The minimum absolute atomic E-state index is 0.126. The third-order valence-electron chi connectivity index (χ3n) is 4.26. The van der Waals surface area contributed by atoms with Crippen molar-refractivity contribution in [2.75, 3.05) is 11.9 Å². The fourth-order valence-corrected chi connectivity index (χ4v) is 4.37. The molecule has 150 valence electrons. The average molecular weight is 465 g/mol. The number of aryl methyl sites for hydroxylation is 1. The summed E-state index contributed by atoms with van der Waals surface area (Å²) in [6.07, 6.45) is 2.55. The van der Waals surface area contributed by atoms with E-state index in [9.17, 15) is 9.59 Å². The highest BCUT2D eigenvalue weighted by atomic mass is 35.5. The van der Waals surface area contributed by atoms with Crippen LogP contribution in [0.4, 0.5) is 5.69 Å². The van der Waals surface area contributed by atoms with Gasteiger partial charge in [-0.15, -0.1) is 0 Å². The first-order chi connectivity index (χ1) is 13.8. The molecule has 3 rings (SSSR count). The van der Waals surface area contributed by atoms with Crippen LogP contribution < -0.4 is 5.32 Å². The Morgan fingerprint density at radius 2 is 1.93 bits per heavy atom. The Balaban J connectivity index is 1.54. The summed E-state index contributed by atoms with van der Waals surface area (Å²) in [6, 6.07) is 13.0. The summed E-state index contributed by atoms with van der Waals surface area (Å²) >= 11 is 18.7. The molecule has 29 heavy (non-hydrogen) atoms. The number of nitrogens with zero attached hydrogens (tertiary/aromatic N) is 1. The van der Waals surface area contributed by atoms with Gasteiger partial charge in [-0.05, 0) is 37.1 Å². The van der Waals surface area contributed by atoms with Crippen LogP contribution in [0.25, 0.3) is 6.08 Å². The van der Waals surface area contributed by atoms with E-state index in [1.165, 1.54) is 11.8 Å². The monoisotopic (exact) mass is 464 g/mol. The van der Waals surface area contributed by atoms with Gasteiger partial charge in [-0.1, -0.05) is 83.1 Å². The molecule has 8 heteroatoms. The minimum Gasteiger partial charge on any atom is -0.325 e. The molecule has 4 nitrogen and oxygen atoms in total. The highest BCUT2D eigenvalue weighted by molar-refractivity contribution is 8.26. The molecule has 1 saturated heterocycles. The van der Waals surface area contributed by atoms with Gasteiger partial charge in [0.1, 0.15) is 4.32 Å². The van der Waals surface area contributed by atoms with Crippen LogP contribution in [0, 0.1) is 6.92 Å². The van der Waals surface area contributed by atoms with Crippen molar-refractivity contribution in [1.82, 2.24) is 4.90 Å². The van der Waals surface area contributed by atoms with E-state index < -0.39 is 0 Å². The van der Waals surface area contributed by atoms with Crippen LogP contribution in [-0.4, -0.2) is 27.6 Å². The molecule has 0 unspecified atom stereocenters. The summed E-state index contributed by atoms with van der Waals surface area (Å²) < 4.78 is 0.506. The van der Waals surface area contributed by atoms with Gasteiger partial charge < -0.3 is 5.32 Å². The van der Waals surface area contributed by atoms with Gasteiger partial charge in [-0.2, -0.15) is 0 Å². The maximum absolute atomic E-state index is 12.7. The van der Waals surface area contributed by atoms with Crippen LogP contribution in [0.3, 0.4) is 0 Å². The Kier molecular flexibility index (Phi) is 7.35. The molecule has 0 atom stereocenters. The maximum Gasteiger partial charge on any atom is 0.266 e. The van der Waals surface area contributed by atoms with E-state index in [0.29, 0.717) is 37.9 Å². The number of amides is 2. The van der Waals surface area contributed by atoms with E-state index in [4.69, 9.17) is 35.4 Å². The van der Waals surface area contributed by atoms with Gasteiger partial charge in [0.25, 0.3) is 5.91 Å². The molecular weight excluding hydrogens is 447 g/mol. The minimum atomic E-state index is -0.199. The van der Waals surface area contributed by atoms with Crippen LogP contribution in [0.1, 0.15) is 24.0 Å². The Morgan fingerprint density at radius 3 is 2.66 bits per heavy atom. The lowest BCUT2D eigenvalue weighted by Crippen LogP contribution is -2.29. The second kappa shape index (κ2) is 9.76. The van der Waals surface area contributed by atoms with Crippen molar-refractivity contribution in [2.24, 2.45) is 0 Å². The fraction of sp³-hybridized carbons (Fsp3) is 0.190. The molecule has 1 heterocycles. The number of nitrogens with one attached hydrogen (secondary N) is 1. The van der Waals surface area contributed by atoms with Crippen molar-refractivity contribution in [3.63, 3.8) is 0 Å². The second-order valence-electron chi connectivity index (χ2n) is 6.50. The molecule has 2 aromatic rings. The molecule has 0 aliphatic carbocycles. The van der Waals surface area contributed by atoms with E-state index >= 15 is 0 Å². The lowest BCUT2D eigenvalue weighted by Gasteiger charge is -2.14. The van der Waals surface area contributed by atoms with Crippen molar-refractivity contribution in [1.29, 1.82) is 0 Å². The van der Waals surface area contributed by atoms with Gasteiger partial charge in [0.2, 0.25) is 5.91 Å². The van der Waals surface area contributed by atoms with E-state index in [1.807, 2.05) is 37.3 Å². The molecular formula is C21H18Cl2N2O2S2. The number of thioether (sulfide) groups is 1. The van der Waals surface area contributed by atoms with E-state index in [0.717, 1.165) is 11.1 Å². The van der Waals surface area contributed by atoms with Gasteiger partial charge in [0.15, 0.2) is 0 Å². The zero-order valence-electron chi connectivity index (χ0n) is 15.6. The zero-order valence-corrected chi connectivity index (χ0v) is 18.7. The number of hydrogen-bond acceptors (Lipinski definition) is 4. The Morgan fingerprint density at radius 1 is 1.21 bits per heavy atom. The van der Waals surface area contributed by atoms with Gasteiger partial charge in [-0.25, -0.2) is 0 Å². The molecule has 0 radical (unpaired) electrons. The summed E-state index contributed by atoms with van der Waals surface area (Å²) in [5, 5.41) is 3.42. The number of benzene rings is 2. The van der Waals surface area contributed by atoms with Gasteiger partial charge in [-0.3, -0.25) is 14.5 Å². The van der Waals surface area contributed by atoms with Crippen LogP contribution in [0.15, 0.2) is 47.4 Å². The largest absolute Gasteiger partial charge is 0.325 e. The standard InChI is InChI=1S/C21H18Cl2N2O2S2/c1-13-7-9-14(10-8-13)12-17-20(27)25(21(28)29-17)11-3-6-18(26)24-16-5-2-4-15(22)19(16)23/h2,4-5,7-10,12H,3,6,11H2,1H3,(H,24,26)/b17-12+. The molecule has 2 amide bonds. The molecule has 0 aromatic heterocycles. The summed E-state index contributed by atoms with van der Waals surface area (Å²) in [6.45, 7) is 2.40. The van der Waals surface area contributed by atoms with Gasteiger partial charge in [0, 0.05) is 13.0 Å². The van der Waals surface area contributed by atoms with Gasteiger partial charge >= 0.3 is 0 Å². The molecule has 0 bridgehead atoms. The van der Waals surface area contributed by atoms with Crippen molar-refractivity contribution < 1.29 is 9.59 Å². The van der Waals surface area contributed by atoms with E-state index in [1.54, 1.807) is 23.1 Å². The van der Waals surface area contributed by atoms with Crippen LogP contribution >= 0.6 is 47.2 Å². The SMILES string of the molecule is Cc1ccc(/C=C2/SC(=S)N(CCCC(=O)Nc3cccc(Cl)c3Cl)C2=O)cc1. The first-order valence-electron chi connectivity index (χ1n) is 8.91. The third kappa shape index (κ3) is 5.60. The summed E-state index contributed by atoms with van der Waals surface area (Å²) in [5.41, 5.74) is 2.58. The fourth-order valence-electron chi connectivity index (χ4n) is 2.72. The summed E-state index contributed by atoms with van der Waals surface area (Å²) in [5.74, 6) is -0.325. The van der Waals surface area contributed by atoms with Crippen LogP contribution in [0.2, 0.25) is 10.0 Å². The van der Waals surface area contributed by atoms with Crippen molar-refractivity contribution in [3.05, 3.63) is 68.5 Å². The number of hydrogen-bond donors (Lipinski definition) is 1. The normalized spacial score (nSPS) is 15.3. The Bertz CT molecular complexity index is 991. The van der Waals surface area contributed by atoms with Crippen molar-refractivity contribution >= 4 is 75.1 Å². The second-order valence-corrected chi connectivity index (χ2v) is 8.96. The highest BCUT2D eigenvalue weighted by Gasteiger charge is 2.31.